The van der Waals surface area contributed by atoms with Crippen LogP contribution >= 0.6 is 0 Å². The van der Waals surface area contributed by atoms with E-state index in [-0.39, 0.29) is 18.0 Å². The smallest absolute Gasteiger partial charge is 0.275 e. The quantitative estimate of drug-likeness (QED) is 0.742. The molecule has 0 unspecified atom stereocenters. The van der Waals surface area contributed by atoms with Crippen molar-refractivity contribution in [3.63, 3.8) is 0 Å². The zero-order chi connectivity index (χ0) is 19.6. The molecule has 28 heavy (non-hydrogen) atoms. The Balaban J connectivity index is 1.61. The monoisotopic (exact) mass is 377 g/mol. The molecule has 0 spiro atoms. The maximum Gasteiger partial charge on any atom is 0.275 e. The Morgan fingerprint density at radius 2 is 1.86 bits per heavy atom. The molecule has 1 saturated carbocycles. The van der Waals surface area contributed by atoms with Crippen LogP contribution in [-0.4, -0.2) is 22.8 Å². The van der Waals surface area contributed by atoms with E-state index >= 15 is 0 Å². The fourth-order valence-corrected chi connectivity index (χ4v) is 4.16. The summed E-state index contributed by atoms with van der Waals surface area (Å²) >= 11 is 0. The second kappa shape index (κ2) is 7.46. The van der Waals surface area contributed by atoms with Gasteiger partial charge in [0, 0.05) is 10.9 Å². The van der Waals surface area contributed by atoms with Crippen molar-refractivity contribution in [3.05, 3.63) is 70.6 Å². The minimum atomic E-state index is -0.468. The SMILES string of the molecule is COc1ccccc1C1(NC(=O)Cn2ncc3ccccc3c2=O)CCCC1. The van der Waals surface area contributed by atoms with E-state index in [0.29, 0.717) is 5.39 Å². The molecule has 0 aliphatic heterocycles. The molecule has 3 aromatic rings. The number of aromatic nitrogens is 2. The van der Waals surface area contributed by atoms with Gasteiger partial charge >= 0.3 is 0 Å². The lowest BCUT2D eigenvalue weighted by molar-refractivity contribution is -0.124. The molecule has 2 aromatic carbocycles. The average molecular weight is 377 g/mol. The summed E-state index contributed by atoms with van der Waals surface area (Å²) in [4.78, 5) is 25.5. The summed E-state index contributed by atoms with van der Waals surface area (Å²) in [5.74, 6) is 0.545. The maximum atomic E-state index is 12.9. The van der Waals surface area contributed by atoms with E-state index in [9.17, 15) is 9.59 Å². The molecule has 1 amide bonds. The first kappa shape index (κ1) is 18.2. The van der Waals surface area contributed by atoms with Gasteiger partial charge < -0.3 is 10.1 Å². The number of ether oxygens (including phenoxy) is 1. The highest BCUT2D eigenvalue weighted by atomic mass is 16.5. The maximum absolute atomic E-state index is 12.9. The summed E-state index contributed by atoms with van der Waals surface area (Å²) < 4.78 is 6.76. The zero-order valence-electron chi connectivity index (χ0n) is 15.9. The van der Waals surface area contributed by atoms with Crippen molar-refractivity contribution in [1.29, 1.82) is 0 Å². The lowest BCUT2D eigenvalue weighted by Crippen LogP contribution is -2.46. The average Bonchev–Trinajstić information content (AvgIpc) is 3.19. The molecular weight excluding hydrogens is 354 g/mol. The fourth-order valence-electron chi connectivity index (χ4n) is 4.16. The minimum absolute atomic E-state index is 0.111. The van der Waals surface area contributed by atoms with E-state index in [2.05, 4.69) is 10.4 Å². The summed E-state index contributed by atoms with van der Waals surface area (Å²) in [5.41, 5.74) is 0.262. The van der Waals surface area contributed by atoms with Crippen LogP contribution in [0.2, 0.25) is 0 Å². The van der Waals surface area contributed by atoms with E-state index in [4.69, 9.17) is 4.74 Å². The van der Waals surface area contributed by atoms with E-state index in [1.54, 1.807) is 19.4 Å². The molecule has 6 nitrogen and oxygen atoms in total. The molecule has 1 fully saturated rings. The van der Waals surface area contributed by atoms with Gasteiger partial charge in [-0.15, -0.1) is 0 Å². The molecule has 144 valence electrons. The largest absolute Gasteiger partial charge is 0.496 e. The molecular formula is C22H23N3O3. The topological polar surface area (TPSA) is 73.2 Å². The zero-order valence-corrected chi connectivity index (χ0v) is 15.9. The standard InChI is InChI=1S/C22H23N3O3/c1-28-19-11-5-4-10-18(19)22(12-6-7-13-22)24-20(26)15-25-21(27)17-9-3-2-8-16(17)14-23-25/h2-5,8-11,14H,6-7,12-13,15H2,1H3,(H,24,26). The van der Waals surface area contributed by atoms with Crippen LogP contribution in [-0.2, 0) is 16.9 Å². The third kappa shape index (κ3) is 3.26. The van der Waals surface area contributed by atoms with Crippen molar-refractivity contribution in [2.75, 3.05) is 7.11 Å². The van der Waals surface area contributed by atoms with Gasteiger partial charge in [0.2, 0.25) is 5.91 Å². The van der Waals surface area contributed by atoms with Gasteiger partial charge in [-0.05, 0) is 25.0 Å². The molecule has 1 aromatic heterocycles. The highest BCUT2D eigenvalue weighted by molar-refractivity contribution is 5.81. The second-order valence-electron chi connectivity index (χ2n) is 7.23. The van der Waals surface area contributed by atoms with Crippen molar-refractivity contribution in [2.45, 2.75) is 37.8 Å². The molecule has 0 bridgehead atoms. The van der Waals surface area contributed by atoms with Crippen LogP contribution in [0.5, 0.6) is 5.75 Å². The van der Waals surface area contributed by atoms with Crippen LogP contribution in [0.4, 0.5) is 0 Å². The Labute approximate surface area is 163 Å². The molecule has 4 rings (SSSR count). The minimum Gasteiger partial charge on any atom is -0.496 e. The number of hydrogen-bond donors (Lipinski definition) is 1. The van der Waals surface area contributed by atoms with Gasteiger partial charge in [0.1, 0.15) is 12.3 Å². The third-order valence-corrected chi connectivity index (χ3v) is 5.51. The number of nitrogens with zero attached hydrogens (tertiary/aromatic N) is 2. The van der Waals surface area contributed by atoms with Crippen LogP contribution in [0, 0.1) is 0 Å². The van der Waals surface area contributed by atoms with Gasteiger partial charge in [-0.2, -0.15) is 5.10 Å². The Kier molecular flexibility index (Phi) is 4.86. The predicted molar refractivity (Wildman–Crippen MR) is 107 cm³/mol. The molecule has 0 atom stereocenters. The molecule has 0 saturated heterocycles. The van der Waals surface area contributed by atoms with E-state index in [1.165, 1.54) is 4.68 Å². The Morgan fingerprint density at radius 1 is 1.14 bits per heavy atom. The summed E-state index contributed by atoms with van der Waals surface area (Å²) in [6.07, 6.45) is 5.38. The van der Waals surface area contributed by atoms with E-state index in [1.807, 2.05) is 42.5 Å². The number of nitrogens with one attached hydrogen (secondary N) is 1. The van der Waals surface area contributed by atoms with Crippen molar-refractivity contribution < 1.29 is 9.53 Å². The Hall–Kier alpha value is -3.15. The Morgan fingerprint density at radius 3 is 2.64 bits per heavy atom. The van der Waals surface area contributed by atoms with Crippen LogP contribution in [0.1, 0.15) is 31.2 Å². The van der Waals surface area contributed by atoms with E-state index in [0.717, 1.165) is 42.4 Å². The van der Waals surface area contributed by atoms with Crippen LogP contribution in [0.3, 0.4) is 0 Å². The van der Waals surface area contributed by atoms with Gasteiger partial charge in [-0.25, -0.2) is 4.68 Å². The lowest BCUT2D eigenvalue weighted by Gasteiger charge is -2.32. The van der Waals surface area contributed by atoms with Gasteiger partial charge in [0.15, 0.2) is 0 Å². The second-order valence-corrected chi connectivity index (χ2v) is 7.23. The molecule has 6 heteroatoms. The van der Waals surface area contributed by atoms with Crippen molar-refractivity contribution in [1.82, 2.24) is 15.1 Å². The number of hydrogen-bond acceptors (Lipinski definition) is 4. The summed E-state index contributed by atoms with van der Waals surface area (Å²) in [6.45, 7) is -0.111. The molecule has 1 heterocycles. The summed E-state index contributed by atoms with van der Waals surface area (Å²) in [6, 6.07) is 15.1. The van der Waals surface area contributed by atoms with Crippen LogP contribution in [0.25, 0.3) is 10.8 Å². The molecule has 1 aliphatic carbocycles. The van der Waals surface area contributed by atoms with Crippen molar-refractivity contribution >= 4 is 16.7 Å². The number of carbonyl (C=O) groups is 1. The molecule has 1 N–H and O–H groups in total. The molecule has 1 aliphatic rings. The summed E-state index contributed by atoms with van der Waals surface area (Å²) in [7, 11) is 1.64. The number of benzene rings is 2. The van der Waals surface area contributed by atoms with Gasteiger partial charge in [0.25, 0.3) is 5.56 Å². The van der Waals surface area contributed by atoms with E-state index < -0.39 is 5.54 Å². The van der Waals surface area contributed by atoms with Gasteiger partial charge in [-0.3, -0.25) is 9.59 Å². The van der Waals surface area contributed by atoms with Gasteiger partial charge in [0.05, 0.1) is 24.2 Å². The molecule has 0 radical (unpaired) electrons. The van der Waals surface area contributed by atoms with Crippen molar-refractivity contribution in [2.24, 2.45) is 0 Å². The van der Waals surface area contributed by atoms with Crippen LogP contribution < -0.4 is 15.6 Å². The number of rotatable bonds is 5. The van der Waals surface area contributed by atoms with Gasteiger partial charge in [-0.1, -0.05) is 49.2 Å². The predicted octanol–water partition coefficient (Wildman–Crippen LogP) is 2.99. The number of para-hydroxylation sites is 1. The first-order chi connectivity index (χ1) is 13.6. The Bertz CT molecular complexity index is 1070. The summed E-state index contributed by atoms with van der Waals surface area (Å²) in [5, 5.41) is 8.69. The number of carbonyl (C=O) groups excluding carboxylic acids is 1. The highest BCUT2D eigenvalue weighted by Crippen LogP contribution is 2.42. The first-order valence-electron chi connectivity index (χ1n) is 9.52. The van der Waals surface area contributed by atoms with Crippen molar-refractivity contribution in [3.8, 4) is 5.75 Å². The first-order valence-corrected chi connectivity index (χ1v) is 9.52. The normalized spacial score (nSPS) is 15.5. The lowest BCUT2D eigenvalue weighted by atomic mass is 9.87. The number of methoxy groups -OCH3 is 1. The number of fused-ring (bicyclic) bond motifs is 1. The number of amides is 1. The third-order valence-electron chi connectivity index (χ3n) is 5.51. The fraction of sp³-hybridized carbons (Fsp3) is 0.318. The van der Waals surface area contributed by atoms with Crippen LogP contribution in [0.15, 0.2) is 59.5 Å². The highest BCUT2D eigenvalue weighted by Gasteiger charge is 2.39.